The van der Waals surface area contributed by atoms with Crippen molar-refractivity contribution >= 4 is 35.8 Å². The first-order chi connectivity index (χ1) is 9.74. The molecule has 0 spiro atoms. The molecule has 3 nitrogen and oxygen atoms in total. The zero-order valence-corrected chi connectivity index (χ0v) is 14.0. The second-order valence-corrected chi connectivity index (χ2v) is 7.02. The van der Waals surface area contributed by atoms with Crippen LogP contribution in [0.3, 0.4) is 0 Å². The molecule has 0 saturated carbocycles. The van der Waals surface area contributed by atoms with E-state index in [-0.39, 0.29) is 18.3 Å². The molecule has 5 heteroatoms. The van der Waals surface area contributed by atoms with Crippen LogP contribution in [0.5, 0.6) is 0 Å². The largest absolute Gasteiger partial charge is 0.312 e. The van der Waals surface area contributed by atoms with E-state index < -0.39 is 0 Å². The fourth-order valence-corrected chi connectivity index (χ4v) is 4.05. The topological polar surface area (TPSA) is 32.3 Å². The molecule has 1 N–H and O–H groups in total. The van der Waals surface area contributed by atoms with E-state index >= 15 is 0 Å². The Morgan fingerprint density at radius 2 is 2.24 bits per heavy atom. The Bertz CT molecular complexity index is 491. The van der Waals surface area contributed by atoms with Gasteiger partial charge in [0.1, 0.15) is 0 Å². The normalized spacial score (nSPS) is 24.9. The molecular weight excluding hydrogens is 304 g/mol. The van der Waals surface area contributed by atoms with Gasteiger partial charge in [0.25, 0.3) is 0 Å². The van der Waals surface area contributed by atoms with E-state index in [0.29, 0.717) is 18.4 Å². The third kappa shape index (κ3) is 3.93. The zero-order valence-electron chi connectivity index (χ0n) is 12.4. The minimum atomic E-state index is 0. The number of para-hydroxylation sites is 1. The SMILES string of the molecule is CC1Cc2ccccc2N(C(=O)CC2CSCCN2)C1.Cl. The molecule has 2 aliphatic heterocycles. The number of nitrogens with one attached hydrogen (secondary N) is 1. The van der Waals surface area contributed by atoms with Crippen LogP contribution in [0, 0.1) is 5.92 Å². The third-order valence-electron chi connectivity index (χ3n) is 4.07. The van der Waals surface area contributed by atoms with Crippen LogP contribution in [0.25, 0.3) is 0 Å². The Balaban J connectivity index is 0.00000161. The maximum atomic E-state index is 12.7. The molecule has 1 amide bonds. The van der Waals surface area contributed by atoms with Crippen LogP contribution in [-0.4, -0.2) is 36.5 Å². The molecule has 0 aliphatic carbocycles. The maximum Gasteiger partial charge on any atom is 0.228 e. The minimum absolute atomic E-state index is 0. The molecular formula is C16H23ClN2OS. The number of nitrogens with zero attached hydrogens (tertiary/aromatic N) is 1. The summed E-state index contributed by atoms with van der Waals surface area (Å²) in [7, 11) is 0. The first-order valence-corrected chi connectivity index (χ1v) is 8.59. The van der Waals surface area contributed by atoms with Gasteiger partial charge in [0.15, 0.2) is 0 Å². The number of hydrogen-bond acceptors (Lipinski definition) is 3. The first-order valence-electron chi connectivity index (χ1n) is 7.43. The standard InChI is InChI=1S/C16H22N2OS.ClH/c1-12-8-13-4-2-3-5-15(13)18(10-12)16(19)9-14-11-20-7-6-17-14;/h2-5,12,14,17H,6-11H2,1H3;1H. The predicted octanol–water partition coefficient (Wildman–Crippen LogP) is 2.73. The van der Waals surface area contributed by atoms with Crippen LogP contribution in [0.4, 0.5) is 5.69 Å². The number of halogens is 1. The molecule has 116 valence electrons. The lowest BCUT2D eigenvalue weighted by atomic mass is 9.93. The van der Waals surface area contributed by atoms with Gasteiger partial charge in [-0.05, 0) is 24.0 Å². The number of thioether (sulfide) groups is 1. The fourth-order valence-electron chi connectivity index (χ4n) is 3.10. The third-order valence-corrected chi connectivity index (χ3v) is 5.20. The van der Waals surface area contributed by atoms with Gasteiger partial charge in [-0.25, -0.2) is 0 Å². The highest BCUT2D eigenvalue weighted by molar-refractivity contribution is 7.99. The highest BCUT2D eigenvalue weighted by Gasteiger charge is 2.28. The maximum absolute atomic E-state index is 12.7. The summed E-state index contributed by atoms with van der Waals surface area (Å²) in [5.41, 5.74) is 2.43. The number of anilines is 1. The van der Waals surface area contributed by atoms with Crippen LogP contribution in [-0.2, 0) is 11.2 Å². The Morgan fingerprint density at radius 1 is 1.43 bits per heavy atom. The summed E-state index contributed by atoms with van der Waals surface area (Å²) in [4.78, 5) is 14.7. The van der Waals surface area contributed by atoms with Crippen molar-refractivity contribution in [3.63, 3.8) is 0 Å². The van der Waals surface area contributed by atoms with E-state index in [1.54, 1.807) is 0 Å². The number of carbonyl (C=O) groups excluding carboxylic acids is 1. The van der Waals surface area contributed by atoms with Crippen LogP contribution < -0.4 is 10.2 Å². The average molecular weight is 327 g/mol. The summed E-state index contributed by atoms with van der Waals surface area (Å²) in [6.45, 7) is 4.11. The number of fused-ring (bicyclic) bond motifs is 1. The lowest BCUT2D eigenvalue weighted by Crippen LogP contribution is -2.45. The molecule has 0 aromatic heterocycles. The Labute approximate surface area is 137 Å². The summed E-state index contributed by atoms with van der Waals surface area (Å²) in [5, 5.41) is 3.46. The fraction of sp³-hybridized carbons (Fsp3) is 0.562. The smallest absolute Gasteiger partial charge is 0.228 e. The summed E-state index contributed by atoms with van der Waals surface area (Å²) < 4.78 is 0. The second-order valence-electron chi connectivity index (χ2n) is 5.87. The summed E-state index contributed by atoms with van der Waals surface area (Å²) in [6, 6.07) is 8.68. The van der Waals surface area contributed by atoms with Crippen molar-refractivity contribution in [1.82, 2.24) is 5.32 Å². The van der Waals surface area contributed by atoms with Crippen molar-refractivity contribution in [2.45, 2.75) is 25.8 Å². The molecule has 1 fully saturated rings. The van der Waals surface area contributed by atoms with Crippen LogP contribution in [0.2, 0.25) is 0 Å². The van der Waals surface area contributed by atoms with Gasteiger partial charge < -0.3 is 10.2 Å². The van der Waals surface area contributed by atoms with Crippen LogP contribution in [0.1, 0.15) is 18.9 Å². The zero-order chi connectivity index (χ0) is 13.9. The van der Waals surface area contributed by atoms with Gasteiger partial charge in [0, 0.05) is 42.7 Å². The van der Waals surface area contributed by atoms with E-state index in [1.807, 2.05) is 22.7 Å². The molecule has 1 aromatic rings. The van der Waals surface area contributed by atoms with E-state index in [1.165, 1.54) is 5.56 Å². The van der Waals surface area contributed by atoms with Crippen molar-refractivity contribution in [3.8, 4) is 0 Å². The van der Waals surface area contributed by atoms with Crippen molar-refractivity contribution < 1.29 is 4.79 Å². The van der Waals surface area contributed by atoms with Crippen molar-refractivity contribution in [2.24, 2.45) is 5.92 Å². The summed E-state index contributed by atoms with van der Waals surface area (Å²) >= 11 is 1.94. The Kier molecular flexibility index (Phi) is 5.97. The Morgan fingerprint density at radius 3 is 3.00 bits per heavy atom. The van der Waals surface area contributed by atoms with Gasteiger partial charge in [-0.1, -0.05) is 25.1 Å². The monoisotopic (exact) mass is 326 g/mol. The van der Waals surface area contributed by atoms with Crippen molar-refractivity contribution in [1.29, 1.82) is 0 Å². The second kappa shape index (κ2) is 7.52. The molecule has 2 aliphatic rings. The van der Waals surface area contributed by atoms with E-state index in [0.717, 1.165) is 36.7 Å². The Hall–Kier alpha value is -0.710. The van der Waals surface area contributed by atoms with E-state index in [9.17, 15) is 4.79 Å². The van der Waals surface area contributed by atoms with Gasteiger partial charge >= 0.3 is 0 Å². The number of benzene rings is 1. The summed E-state index contributed by atoms with van der Waals surface area (Å²) in [5.74, 6) is 3.02. The van der Waals surface area contributed by atoms with Crippen LogP contribution in [0.15, 0.2) is 24.3 Å². The van der Waals surface area contributed by atoms with Gasteiger partial charge in [0.2, 0.25) is 5.91 Å². The highest BCUT2D eigenvalue weighted by Crippen LogP contribution is 2.30. The molecule has 1 saturated heterocycles. The minimum Gasteiger partial charge on any atom is -0.312 e. The number of carbonyl (C=O) groups is 1. The van der Waals surface area contributed by atoms with Gasteiger partial charge in [-0.3, -0.25) is 4.79 Å². The lowest BCUT2D eigenvalue weighted by Gasteiger charge is -2.34. The van der Waals surface area contributed by atoms with Gasteiger partial charge in [-0.15, -0.1) is 12.4 Å². The van der Waals surface area contributed by atoms with E-state index in [4.69, 9.17) is 0 Å². The molecule has 3 rings (SSSR count). The number of rotatable bonds is 2. The quantitative estimate of drug-likeness (QED) is 0.907. The molecule has 2 unspecified atom stereocenters. The number of hydrogen-bond donors (Lipinski definition) is 1. The molecule has 1 aromatic carbocycles. The van der Waals surface area contributed by atoms with Crippen molar-refractivity contribution in [2.75, 3.05) is 29.5 Å². The molecule has 0 radical (unpaired) electrons. The lowest BCUT2D eigenvalue weighted by molar-refractivity contribution is -0.119. The summed E-state index contributed by atoms with van der Waals surface area (Å²) in [6.07, 6.45) is 1.70. The average Bonchev–Trinajstić information content (AvgIpc) is 2.47. The molecule has 2 heterocycles. The number of amides is 1. The van der Waals surface area contributed by atoms with Gasteiger partial charge in [-0.2, -0.15) is 11.8 Å². The molecule has 2 atom stereocenters. The van der Waals surface area contributed by atoms with Gasteiger partial charge in [0.05, 0.1) is 0 Å². The molecule has 0 bridgehead atoms. The molecule has 21 heavy (non-hydrogen) atoms. The van der Waals surface area contributed by atoms with Crippen LogP contribution >= 0.6 is 24.2 Å². The highest BCUT2D eigenvalue weighted by atomic mass is 35.5. The van der Waals surface area contributed by atoms with E-state index in [2.05, 4.69) is 30.4 Å². The van der Waals surface area contributed by atoms with Crippen molar-refractivity contribution in [3.05, 3.63) is 29.8 Å². The predicted molar refractivity (Wildman–Crippen MR) is 92.6 cm³/mol. The first kappa shape index (κ1) is 16.7.